The molecule has 0 aromatic heterocycles. The van der Waals surface area contributed by atoms with Crippen molar-refractivity contribution in [3.05, 3.63) is 84.0 Å². The molecule has 2 aromatic carbocycles. The number of hydrogen-bond donors (Lipinski definition) is 0. The molecule has 3 heteroatoms. The summed E-state index contributed by atoms with van der Waals surface area (Å²) in [7, 11) is 0. The Bertz CT molecular complexity index is 1870. The summed E-state index contributed by atoms with van der Waals surface area (Å²) in [5.41, 5.74) is 6.61. The second-order valence-corrected chi connectivity index (χ2v) is 25.5. The molecule has 0 saturated carbocycles. The molecule has 0 amide bonds. The number of aryl methyl sites for hydroxylation is 2. The minimum absolute atomic E-state index is 0. The van der Waals surface area contributed by atoms with Crippen LogP contribution in [0.15, 0.2) is 82.8 Å². The number of allylic oxidation sites excluding steroid dienone is 4. The van der Waals surface area contributed by atoms with E-state index in [4.69, 9.17) is 9.98 Å². The molecule has 0 bridgehead atoms. The maximum absolute atomic E-state index is 5.44. The molecule has 0 heterocycles. The van der Waals surface area contributed by atoms with Gasteiger partial charge in [0.25, 0.3) is 0 Å². The van der Waals surface area contributed by atoms with Gasteiger partial charge in [-0.05, 0) is 93.4 Å². The van der Waals surface area contributed by atoms with Gasteiger partial charge in [0.05, 0.1) is 17.1 Å². The second kappa shape index (κ2) is 64.8. The average Bonchev–Trinajstić information content (AvgIpc) is 3.52. The fourth-order valence-corrected chi connectivity index (χ4v) is 12.1. The van der Waals surface area contributed by atoms with Crippen molar-refractivity contribution in [1.82, 2.24) is 0 Å². The SMILES string of the molecule is CCC#CC(=N/c1ccccc1CC/C=C/CCCCCCCCCCCCCCCCCCCCCCCCC)/C(CCCCC)=N/c1ccccc1CC/C=C/CCCCCCCCCCCCCCCCCCCCCCCCC.[Ni]. The molecule has 0 atom stereocenters. The zero-order valence-electron chi connectivity index (χ0n) is 56.4. The first-order valence-corrected chi connectivity index (χ1v) is 37.3. The summed E-state index contributed by atoms with van der Waals surface area (Å²) in [6, 6.07) is 17.5. The summed E-state index contributed by atoms with van der Waals surface area (Å²) in [5.74, 6) is 6.90. The number of nitrogens with zero attached hydrogens (tertiary/aromatic N) is 2. The molecule has 0 aliphatic carbocycles. The molecule has 0 unspecified atom stereocenters. The number of aliphatic imine (C=N–C) groups is 2. The topological polar surface area (TPSA) is 24.7 Å². The normalized spacial score (nSPS) is 12.0. The van der Waals surface area contributed by atoms with Crippen LogP contribution in [-0.2, 0) is 29.3 Å². The van der Waals surface area contributed by atoms with E-state index in [0.717, 1.165) is 67.7 Å². The van der Waals surface area contributed by atoms with Gasteiger partial charge in [0.2, 0.25) is 0 Å². The smallest absolute Gasteiger partial charge is 0.135 e. The largest absolute Gasteiger partial charge is 0.250 e. The van der Waals surface area contributed by atoms with Crippen LogP contribution >= 0.6 is 0 Å². The van der Waals surface area contributed by atoms with E-state index in [-0.39, 0.29) is 16.5 Å². The van der Waals surface area contributed by atoms with Crippen molar-refractivity contribution in [2.45, 2.75) is 394 Å². The quantitative estimate of drug-likeness (QED) is 0.0207. The Morgan fingerprint density at radius 3 is 0.881 bits per heavy atom. The first kappa shape index (κ1) is 79.3. The molecule has 0 aliphatic rings. The first-order chi connectivity index (χ1) is 41.2. The van der Waals surface area contributed by atoms with Crippen LogP contribution in [0.25, 0.3) is 0 Å². The summed E-state index contributed by atoms with van der Waals surface area (Å²) in [6.07, 6.45) is 87.6. The maximum atomic E-state index is 5.44. The van der Waals surface area contributed by atoms with E-state index in [1.54, 1.807) is 0 Å². The van der Waals surface area contributed by atoms with Crippen LogP contribution in [-0.4, -0.2) is 11.4 Å². The van der Waals surface area contributed by atoms with Crippen LogP contribution in [0, 0.1) is 11.8 Å². The molecule has 0 N–H and O–H groups in total. The standard InChI is InChI=1S/C81H138N2.Ni/c1-5-9-13-15-17-19-21-23-25-27-29-31-33-35-37-39-41-43-45-47-49-51-53-55-57-59-62-68-76-70-64-66-73-78(76)82-80(72-12-8-4)81(75-61-11-7-3)83-79-74-67-65-71-77(79)69-63-60-58-56-54-52-50-48-46-44-42-40-38-36-34-32-30-28-26-24-22-20-18-16-14-10-6-2;/h57-60,64-67,70-71,73-74H,5-11,13-56,61-63,68-69,75H2,1-4H3;/b59-57+,60-58+,82-80-,83-81+;. The van der Waals surface area contributed by atoms with Crippen LogP contribution in [0.2, 0.25) is 0 Å². The van der Waals surface area contributed by atoms with E-state index in [9.17, 15) is 0 Å². The third-order valence-electron chi connectivity index (χ3n) is 17.6. The Morgan fingerprint density at radius 1 is 0.310 bits per heavy atom. The van der Waals surface area contributed by atoms with Gasteiger partial charge < -0.3 is 0 Å². The molecule has 0 spiro atoms. The van der Waals surface area contributed by atoms with E-state index in [0.29, 0.717) is 0 Å². The van der Waals surface area contributed by atoms with Gasteiger partial charge in [-0.25, -0.2) is 4.99 Å². The Hall–Kier alpha value is -2.69. The number of benzene rings is 2. The predicted octanol–water partition coefficient (Wildman–Crippen LogP) is 28.3. The molecular weight excluding hydrogens is 1060 g/mol. The van der Waals surface area contributed by atoms with Crippen molar-refractivity contribution < 1.29 is 16.5 Å². The van der Waals surface area contributed by atoms with Gasteiger partial charge in [-0.3, -0.25) is 4.99 Å². The molecule has 2 aromatic rings. The zero-order valence-corrected chi connectivity index (χ0v) is 57.4. The minimum atomic E-state index is 0. The van der Waals surface area contributed by atoms with Gasteiger partial charge >= 0.3 is 0 Å². The summed E-state index contributed by atoms with van der Waals surface area (Å²) < 4.78 is 0. The molecule has 0 saturated heterocycles. The number of unbranched alkanes of at least 4 members (excludes halogenated alkanes) is 48. The Morgan fingerprint density at radius 2 is 0.571 bits per heavy atom. The van der Waals surface area contributed by atoms with Crippen LogP contribution in [0.1, 0.15) is 392 Å². The molecule has 482 valence electrons. The third-order valence-corrected chi connectivity index (χ3v) is 17.6. The Balaban J connectivity index is 0.0000353. The van der Waals surface area contributed by atoms with Gasteiger partial charge in [0.1, 0.15) is 5.71 Å². The second-order valence-electron chi connectivity index (χ2n) is 25.5. The van der Waals surface area contributed by atoms with Crippen molar-refractivity contribution in [1.29, 1.82) is 0 Å². The van der Waals surface area contributed by atoms with Gasteiger partial charge in [-0.1, -0.05) is 390 Å². The van der Waals surface area contributed by atoms with Gasteiger partial charge in [0, 0.05) is 22.9 Å². The fraction of sp³-hybridized carbons (Fsp3) is 0.753. The Labute approximate surface area is 535 Å². The minimum Gasteiger partial charge on any atom is -0.250 e. The summed E-state index contributed by atoms with van der Waals surface area (Å²) in [4.78, 5) is 10.8. The van der Waals surface area contributed by atoms with Crippen molar-refractivity contribution >= 4 is 22.8 Å². The number of para-hydroxylation sites is 2. The van der Waals surface area contributed by atoms with Crippen LogP contribution in [0.3, 0.4) is 0 Å². The molecule has 0 aliphatic heterocycles. The van der Waals surface area contributed by atoms with Crippen molar-refractivity contribution in [3.63, 3.8) is 0 Å². The van der Waals surface area contributed by atoms with Crippen LogP contribution in [0.4, 0.5) is 11.4 Å². The molecule has 0 radical (unpaired) electrons. The Kier molecular flexibility index (Phi) is 61.2. The van der Waals surface area contributed by atoms with E-state index in [1.165, 1.54) is 332 Å². The summed E-state index contributed by atoms with van der Waals surface area (Å²) >= 11 is 0. The average molecular weight is 1200 g/mol. The summed E-state index contributed by atoms with van der Waals surface area (Å²) in [6.45, 7) is 9.04. The monoisotopic (exact) mass is 1200 g/mol. The van der Waals surface area contributed by atoms with E-state index in [1.807, 2.05) is 0 Å². The van der Waals surface area contributed by atoms with Crippen LogP contribution < -0.4 is 0 Å². The van der Waals surface area contributed by atoms with E-state index >= 15 is 0 Å². The van der Waals surface area contributed by atoms with E-state index < -0.39 is 0 Å². The predicted molar refractivity (Wildman–Crippen MR) is 377 cm³/mol. The van der Waals surface area contributed by atoms with E-state index in [2.05, 4.69) is 112 Å². The van der Waals surface area contributed by atoms with Crippen molar-refractivity contribution in [3.8, 4) is 11.8 Å². The van der Waals surface area contributed by atoms with Crippen LogP contribution in [0.5, 0.6) is 0 Å². The van der Waals surface area contributed by atoms with Crippen molar-refractivity contribution in [2.75, 3.05) is 0 Å². The third kappa shape index (κ3) is 50.3. The molecule has 2 nitrogen and oxygen atoms in total. The van der Waals surface area contributed by atoms with Gasteiger partial charge in [-0.2, -0.15) is 0 Å². The summed E-state index contributed by atoms with van der Waals surface area (Å²) in [5, 5.41) is 0. The maximum Gasteiger partial charge on any atom is 0.135 e. The molecule has 2 rings (SSSR count). The van der Waals surface area contributed by atoms with Gasteiger partial charge in [0.15, 0.2) is 0 Å². The molecule has 0 fully saturated rings. The fourth-order valence-electron chi connectivity index (χ4n) is 12.1. The van der Waals surface area contributed by atoms with Crippen molar-refractivity contribution in [2.24, 2.45) is 9.98 Å². The van der Waals surface area contributed by atoms with Gasteiger partial charge in [-0.15, -0.1) is 0 Å². The number of hydrogen-bond acceptors (Lipinski definition) is 2. The zero-order chi connectivity index (χ0) is 59.1. The number of rotatable bonds is 61. The first-order valence-electron chi connectivity index (χ1n) is 37.3. The molecular formula is C81H138N2Ni. The molecule has 84 heavy (non-hydrogen) atoms.